The smallest absolute Gasteiger partial charge is 0.0459 e. The van der Waals surface area contributed by atoms with Crippen LogP contribution in [0.5, 0.6) is 0 Å². The van der Waals surface area contributed by atoms with Crippen LogP contribution < -0.4 is 10.6 Å². The van der Waals surface area contributed by atoms with Gasteiger partial charge in [0.15, 0.2) is 0 Å². The van der Waals surface area contributed by atoms with E-state index < -0.39 is 0 Å². The van der Waals surface area contributed by atoms with Gasteiger partial charge in [-0.05, 0) is 49.3 Å². The Bertz CT molecular complexity index is 430. The molecule has 1 aromatic rings. The Balaban J connectivity index is 2.22. The molecule has 2 nitrogen and oxygen atoms in total. The predicted molar refractivity (Wildman–Crippen MR) is 84.0 cm³/mol. The molecular weight excluding hydrogens is 256 g/mol. The molecule has 1 aliphatic rings. The number of nitrogens with two attached hydrogens (primary N) is 1. The Kier molecular flexibility index (Phi) is 4.42. The molecule has 3 heteroatoms. The average Bonchev–Trinajstić information content (AvgIpc) is 2.32. The van der Waals surface area contributed by atoms with Crippen LogP contribution in [0, 0.1) is 5.41 Å². The van der Waals surface area contributed by atoms with Crippen LogP contribution in [0.25, 0.3) is 0 Å². The van der Waals surface area contributed by atoms with Gasteiger partial charge in [-0.15, -0.1) is 0 Å². The fourth-order valence-electron chi connectivity index (χ4n) is 2.72. The van der Waals surface area contributed by atoms with Crippen LogP contribution in [-0.4, -0.2) is 19.1 Å². The molecule has 0 saturated carbocycles. The fraction of sp³-hybridized carbons (Fsp3) is 0.625. The highest BCUT2D eigenvalue weighted by molar-refractivity contribution is 6.31. The summed E-state index contributed by atoms with van der Waals surface area (Å²) in [5.41, 5.74) is 8.91. The maximum Gasteiger partial charge on any atom is 0.0459 e. The summed E-state index contributed by atoms with van der Waals surface area (Å²) in [6.45, 7) is 8.96. The lowest BCUT2D eigenvalue weighted by Crippen LogP contribution is -2.38. The molecule has 1 atom stereocenters. The van der Waals surface area contributed by atoms with Gasteiger partial charge in [0, 0.05) is 29.8 Å². The molecule has 0 aromatic heterocycles. The van der Waals surface area contributed by atoms with Gasteiger partial charge < -0.3 is 10.6 Å². The third kappa shape index (κ3) is 3.64. The van der Waals surface area contributed by atoms with Gasteiger partial charge in [0.2, 0.25) is 0 Å². The van der Waals surface area contributed by atoms with Crippen molar-refractivity contribution in [3.63, 3.8) is 0 Å². The molecule has 1 heterocycles. The van der Waals surface area contributed by atoms with Crippen molar-refractivity contribution in [2.24, 2.45) is 11.1 Å². The van der Waals surface area contributed by atoms with Crippen molar-refractivity contribution < 1.29 is 0 Å². The number of benzene rings is 1. The largest absolute Gasteiger partial charge is 0.371 e. The quantitative estimate of drug-likeness (QED) is 0.911. The SMILES string of the molecule is CC(N)Cc1c(Cl)cccc1N1CCC(C)(C)CC1. The fourth-order valence-corrected chi connectivity index (χ4v) is 2.97. The van der Waals surface area contributed by atoms with Crippen LogP contribution in [-0.2, 0) is 6.42 Å². The molecule has 1 aromatic carbocycles. The summed E-state index contributed by atoms with van der Waals surface area (Å²) in [7, 11) is 0. The molecule has 1 saturated heterocycles. The zero-order valence-corrected chi connectivity index (χ0v) is 13.0. The Labute approximate surface area is 121 Å². The van der Waals surface area contributed by atoms with Gasteiger partial charge in [0.05, 0.1) is 0 Å². The molecule has 19 heavy (non-hydrogen) atoms. The van der Waals surface area contributed by atoms with E-state index >= 15 is 0 Å². The molecule has 2 N–H and O–H groups in total. The van der Waals surface area contributed by atoms with Crippen molar-refractivity contribution in [2.75, 3.05) is 18.0 Å². The van der Waals surface area contributed by atoms with Gasteiger partial charge in [-0.2, -0.15) is 0 Å². The normalized spacial score (nSPS) is 20.4. The molecule has 106 valence electrons. The first kappa shape index (κ1) is 14.7. The maximum absolute atomic E-state index is 6.37. The molecule has 0 radical (unpaired) electrons. The second kappa shape index (κ2) is 5.72. The van der Waals surface area contributed by atoms with Gasteiger partial charge in [0.25, 0.3) is 0 Å². The number of hydrogen-bond acceptors (Lipinski definition) is 2. The van der Waals surface area contributed by atoms with E-state index in [0.29, 0.717) is 5.41 Å². The zero-order valence-electron chi connectivity index (χ0n) is 12.2. The third-order valence-electron chi connectivity index (χ3n) is 4.08. The van der Waals surface area contributed by atoms with E-state index in [1.165, 1.54) is 24.1 Å². The van der Waals surface area contributed by atoms with Gasteiger partial charge in [-0.3, -0.25) is 0 Å². The topological polar surface area (TPSA) is 29.3 Å². The van der Waals surface area contributed by atoms with E-state index in [-0.39, 0.29) is 6.04 Å². The van der Waals surface area contributed by atoms with Crippen molar-refractivity contribution in [3.8, 4) is 0 Å². The van der Waals surface area contributed by atoms with Gasteiger partial charge >= 0.3 is 0 Å². The molecule has 0 amide bonds. The van der Waals surface area contributed by atoms with Crippen LogP contribution in [0.1, 0.15) is 39.2 Å². The number of nitrogens with zero attached hydrogens (tertiary/aromatic N) is 1. The summed E-state index contributed by atoms with van der Waals surface area (Å²) in [4.78, 5) is 2.47. The first-order chi connectivity index (χ1) is 8.89. The second-order valence-corrected chi connectivity index (χ2v) is 6.98. The van der Waals surface area contributed by atoms with Crippen LogP contribution in [0.4, 0.5) is 5.69 Å². The van der Waals surface area contributed by atoms with Gasteiger partial charge in [-0.1, -0.05) is 31.5 Å². The van der Waals surface area contributed by atoms with E-state index in [1.54, 1.807) is 0 Å². The first-order valence-corrected chi connectivity index (χ1v) is 7.55. The number of rotatable bonds is 3. The van der Waals surface area contributed by atoms with E-state index in [0.717, 1.165) is 24.5 Å². The molecule has 1 aliphatic heterocycles. The number of hydrogen-bond donors (Lipinski definition) is 1. The summed E-state index contributed by atoms with van der Waals surface area (Å²) < 4.78 is 0. The van der Waals surface area contributed by atoms with Crippen molar-refractivity contribution in [2.45, 2.75) is 46.1 Å². The summed E-state index contributed by atoms with van der Waals surface area (Å²) in [5, 5.41) is 0.847. The summed E-state index contributed by atoms with van der Waals surface area (Å²) in [6, 6.07) is 6.33. The lowest BCUT2D eigenvalue weighted by Gasteiger charge is -2.39. The lowest BCUT2D eigenvalue weighted by molar-refractivity contribution is 0.279. The summed E-state index contributed by atoms with van der Waals surface area (Å²) in [5.74, 6) is 0. The van der Waals surface area contributed by atoms with Gasteiger partial charge in [0.1, 0.15) is 0 Å². The molecule has 1 unspecified atom stereocenters. The standard InChI is InChI=1S/C16H25ClN2/c1-12(18)11-13-14(17)5-4-6-15(13)19-9-7-16(2,3)8-10-19/h4-6,12H,7-11,18H2,1-3H3. The van der Waals surface area contributed by atoms with Crippen molar-refractivity contribution >= 4 is 17.3 Å². The Hall–Kier alpha value is -0.730. The highest BCUT2D eigenvalue weighted by atomic mass is 35.5. The minimum atomic E-state index is 0.139. The minimum Gasteiger partial charge on any atom is -0.371 e. The molecular formula is C16H25ClN2. The average molecular weight is 281 g/mol. The van der Waals surface area contributed by atoms with Crippen LogP contribution in [0.15, 0.2) is 18.2 Å². The minimum absolute atomic E-state index is 0.139. The van der Waals surface area contributed by atoms with E-state index in [2.05, 4.69) is 24.8 Å². The first-order valence-electron chi connectivity index (χ1n) is 7.17. The summed E-state index contributed by atoms with van der Waals surface area (Å²) in [6.07, 6.45) is 3.31. The molecule has 0 aliphatic carbocycles. The third-order valence-corrected chi connectivity index (χ3v) is 4.43. The predicted octanol–water partition coefficient (Wildman–Crippen LogP) is 3.86. The van der Waals surface area contributed by atoms with E-state index in [1.807, 2.05) is 19.1 Å². The van der Waals surface area contributed by atoms with Crippen LogP contribution in [0.2, 0.25) is 5.02 Å². The molecule has 2 rings (SSSR count). The highest BCUT2D eigenvalue weighted by Gasteiger charge is 2.26. The molecule has 0 bridgehead atoms. The maximum atomic E-state index is 6.37. The molecule has 1 fully saturated rings. The van der Waals surface area contributed by atoms with Crippen molar-refractivity contribution in [3.05, 3.63) is 28.8 Å². The second-order valence-electron chi connectivity index (χ2n) is 6.57. The van der Waals surface area contributed by atoms with Crippen molar-refractivity contribution in [1.82, 2.24) is 0 Å². The summed E-state index contributed by atoms with van der Waals surface area (Å²) >= 11 is 6.37. The Morgan fingerprint density at radius 3 is 2.53 bits per heavy atom. The van der Waals surface area contributed by atoms with Crippen LogP contribution in [0.3, 0.4) is 0 Å². The molecule has 0 spiro atoms. The Morgan fingerprint density at radius 2 is 1.95 bits per heavy atom. The zero-order chi connectivity index (χ0) is 14.0. The number of piperidine rings is 1. The van der Waals surface area contributed by atoms with Crippen LogP contribution >= 0.6 is 11.6 Å². The van der Waals surface area contributed by atoms with Crippen molar-refractivity contribution in [1.29, 1.82) is 0 Å². The Morgan fingerprint density at radius 1 is 1.32 bits per heavy atom. The lowest BCUT2D eigenvalue weighted by atomic mass is 9.82. The highest BCUT2D eigenvalue weighted by Crippen LogP contribution is 2.35. The van der Waals surface area contributed by atoms with Gasteiger partial charge in [-0.25, -0.2) is 0 Å². The number of halogens is 1. The number of anilines is 1. The van der Waals surface area contributed by atoms with E-state index in [4.69, 9.17) is 17.3 Å². The van der Waals surface area contributed by atoms with E-state index in [9.17, 15) is 0 Å². The monoisotopic (exact) mass is 280 g/mol.